The molecule has 88 valence electrons. The summed E-state index contributed by atoms with van der Waals surface area (Å²) >= 11 is 0. The molecule has 0 aliphatic rings. The summed E-state index contributed by atoms with van der Waals surface area (Å²) in [6.07, 6.45) is 0.692. The van der Waals surface area contributed by atoms with E-state index < -0.39 is 5.97 Å². The summed E-state index contributed by atoms with van der Waals surface area (Å²) in [5, 5.41) is 0. The molecule has 4 heteroatoms. The van der Waals surface area contributed by atoms with Crippen LogP contribution in [-0.4, -0.2) is 19.2 Å². The second-order valence-corrected chi connectivity index (χ2v) is 3.41. The Morgan fingerprint density at radius 2 is 1.94 bits per heavy atom. The van der Waals surface area contributed by atoms with Crippen molar-refractivity contribution in [2.75, 3.05) is 7.11 Å². The maximum atomic E-state index is 11.5. The molecule has 16 heavy (non-hydrogen) atoms. The molecule has 1 aromatic rings. The molecule has 0 aromatic heterocycles. The van der Waals surface area contributed by atoms with Crippen LogP contribution in [0.5, 0.6) is 5.75 Å². The van der Waals surface area contributed by atoms with Gasteiger partial charge in [0, 0.05) is 0 Å². The van der Waals surface area contributed by atoms with Crippen LogP contribution in [0.3, 0.4) is 0 Å². The van der Waals surface area contributed by atoms with Gasteiger partial charge < -0.3 is 4.74 Å². The van der Waals surface area contributed by atoms with Gasteiger partial charge in [0.1, 0.15) is 11.9 Å². The number of rotatable bonds is 5. The van der Waals surface area contributed by atoms with E-state index >= 15 is 0 Å². The average Bonchev–Trinajstić information content (AvgIpc) is 2.35. The molecule has 0 bridgehead atoms. The van der Waals surface area contributed by atoms with Gasteiger partial charge in [0.2, 0.25) is 0 Å². The minimum atomic E-state index is -0.497. The van der Waals surface area contributed by atoms with Crippen molar-refractivity contribution in [1.29, 1.82) is 0 Å². The Labute approximate surface area is 95.1 Å². The first-order valence-corrected chi connectivity index (χ1v) is 5.19. The topological polar surface area (TPSA) is 44.8 Å². The number of hydrogen-bond acceptors (Lipinski definition) is 4. The van der Waals surface area contributed by atoms with Crippen molar-refractivity contribution in [2.24, 2.45) is 0 Å². The van der Waals surface area contributed by atoms with Gasteiger partial charge >= 0.3 is 5.97 Å². The van der Waals surface area contributed by atoms with Crippen LogP contribution in [0.2, 0.25) is 0 Å². The highest BCUT2D eigenvalue weighted by atomic mass is 17.2. The predicted molar refractivity (Wildman–Crippen MR) is 59.2 cm³/mol. The predicted octanol–water partition coefficient (Wildman–Crippen LogP) is 2.58. The van der Waals surface area contributed by atoms with Crippen LogP contribution in [0.4, 0.5) is 0 Å². The Balaban J connectivity index is 2.52. The Bertz CT molecular complexity index is 331. The molecule has 0 fully saturated rings. The molecule has 1 atom stereocenters. The van der Waals surface area contributed by atoms with Gasteiger partial charge in [-0.15, -0.1) is 0 Å². The van der Waals surface area contributed by atoms with E-state index in [1.165, 1.54) is 0 Å². The standard InChI is InChI=1S/C12H16O4/c1-4-9(2)15-16-12(13)10-5-7-11(14-3)8-6-10/h5-9H,4H2,1-3H3. The molecule has 0 heterocycles. The normalized spacial score (nSPS) is 11.9. The summed E-state index contributed by atoms with van der Waals surface area (Å²) in [6, 6.07) is 6.64. The minimum Gasteiger partial charge on any atom is -0.497 e. The molecule has 0 N–H and O–H groups in total. The first kappa shape index (κ1) is 12.5. The van der Waals surface area contributed by atoms with Crippen molar-refractivity contribution in [3.8, 4) is 5.75 Å². The number of benzene rings is 1. The lowest BCUT2D eigenvalue weighted by atomic mass is 10.2. The molecule has 0 amide bonds. The van der Waals surface area contributed by atoms with Crippen molar-refractivity contribution in [3.63, 3.8) is 0 Å². The SMILES string of the molecule is CCC(C)OOC(=O)c1ccc(OC)cc1. The first-order chi connectivity index (χ1) is 7.67. The number of carbonyl (C=O) groups is 1. The smallest absolute Gasteiger partial charge is 0.373 e. The molecule has 0 saturated heterocycles. The Morgan fingerprint density at radius 3 is 2.44 bits per heavy atom. The lowest BCUT2D eigenvalue weighted by molar-refractivity contribution is -0.270. The summed E-state index contributed by atoms with van der Waals surface area (Å²) in [4.78, 5) is 21.0. The maximum absolute atomic E-state index is 11.5. The van der Waals surface area contributed by atoms with Gasteiger partial charge in [-0.3, -0.25) is 4.89 Å². The van der Waals surface area contributed by atoms with Gasteiger partial charge in [-0.1, -0.05) is 6.92 Å². The van der Waals surface area contributed by atoms with Gasteiger partial charge in [0.05, 0.1) is 12.7 Å². The van der Waals surface area contributed by atoms with E-state index in [2.05, 4.69) is 4.89 Å². The summed E-state index contributed by atoms with van der Waals surface area (Å²) in [5.74, 6) is 0.197. The number of ether oxygens (including phenoxy) is 1. The van der Waals surface area contributed by atoms with Crippen LogP contribution >= 0.6 is 0 Å². The van der Waals surface area contributed by atoms with Crippen molar-refractivity contribution in [1.82, 2.24) is 0 Å². The fourth-order valence-corrected chi connectivity index (χ4v) is 0.969. The Morgan fingerprint density at radius 1 is 1.31 bits per heavy atom. The van der Waals surface area contributed by atoms with E-state index in [0.29, 0.717) is 11.3 Å². The van der Waals surface area contributed by atoms with Gasteiger partial charge in [0.25, 0.3) is 0 Å². The zero-order valence-electron chi connectivity index (χ0n) is 9.73. The van der Waals surface area contributed by atoms with Crippen molar-refractivity contribution >= 4 is 5.97 Å². The van der Waals surface area contributed by atoms with E-state index in [0.717, 1.165) is 6.42 Å². The zero-order valence-corrected chi connectivity index (χ0v) is 9.73. The summed E-state index contributed by atoms with van der Waals surface area (Å²) in [7, 11) is 1.57. The molecule has 1 unspecified atom stereocenters. The van der Waals surface area contributed by atoms with E-state index in [4.69, 9.17) is 9.62 Å². The summed E-state index contributed by atoms with van der Waals surface area (Å²) in [5.41, 5.74) is 0.434. The summed E-state index contributed by atoms with van der Waals surface area (Å²) in [6.45, 7) is 3.78. The minimum absolute atomic E-state index is 0.0952. The molecular formula is C12H16O4. The quantitative estimate of drug-likeness (QED) is 0.569. The third-order valence-corrected chi connectivity index (χ3v) is 2.19. The molecule has 0 radical (unpaired) electrons. The van der Waals surface area contributed by atoms with E-state index in [1.807, 2.05) is 13.8 Å². The molecule has 0 aliphatic carbocycles. The zero-order chi connectivity index (χ0) is 12.0. The second kappa shape index (κ2) is 6.12. The van der Waals surface area contributed by atoms with Crippen LogP contribution in [-0.2, 0) is 9.78 Å². The largest absolute Gasteiger partial charge is 0.497 e. The highest BCUT2D eigenvalue weighted by molar-refractivity contribution is 5.89. The average molecular weight is 224 g/mol. The Kier molecular flexibility index (Phi) is 4.79. The van der Waals surface area contributed by atoms with Gasteiger partial charge in [-0.25, -0.2) is 4.79 Å². The van der Waals surface area contributed by atoms with Crippen LogP contribution in [0.15, 0.2) is 24.3 Å². The molecule has 0 saturated carbocycles. The van der Waals surface area contributed by atoms with Crippen molar-refractivity contribution in [3.05, 3.63) is 29.8 Å². The molecule has 1 aromatic carbocycles. The van der Waals surface area contributed by atoms with Crippen molar-refractivity contribution < 1.29 is 19.3 Å². The van der Waals surface area contributed by atoms with Crippen LogP contribution in [0, 0.1) is 0 Å². The van der Waals surface area contributed by atoms with Gasteiger partial charge in [-0.2, -0.15) is 4.89 Å². The molecule has 1 rings (SSSR count). The van der Waals surface area contributed by atoms with Crippen LogP contribution in [0.1, 0.15) is 30.6 Å². The maximum Gasteiger partial charge on any atom is 0.373 e. The third-order valence-electron chi connectivity index (χ3n) is 2.19. The lowest BCUT2D eigenvalue weighted by Crippen LogP contribution is -2.12. The van der Waals surface area contributed by atoms with E-state index in [9.17, 15) is 4.79 Å². The monoisotopic (exact) mass is 224 g/mol. The van der Waals surface area contributed by atoms with Crippen LogP contribution < -0.4 is 4.74 Å². The molecule has 0 spiro atoms. The number of carbonyl (C=O) groups excluding carboxylic acids is 1. The van der Waals surface area contributed by atoms with Gasteiger partial charge in [0.15, 0.2) is 0 Å². The molecule has 0 aliphatic heterocycles. The fraction of sp³-hybridized carbons (Fsp3) is 0.417. The van der Waals surface area contributed by atoms with Crippen LogP contribution in [0.25, 0.3) is 0 Å². The molecular weight excluding hydrogens is 208 g/mol. The highest BCUT2D eigenvalue weighted by Crippen LogP contribution is 2.12. The number of hydrogen-bond donors (Lipinski definition) is 0. The van der Waals surface area contributed by atoms with Gasteiger partial charge in [-0.05, 0) is 37.6 Å². The molecule has 4 nitrogen and oxygen atoms in total. The third kappa shape index (κ3) is 3.55. The van der Waals surface area contributed by atoms with E-state index in [-0.39, 0.29) is 6.10 Å². The lowest BCUT2D eigenvalue weighted by Gasteiger charge is -2.08. The fourth-order valence-electron chi connectivity index (χ4n) is 0.969. The Hall–Kier alpha value is -1.55. The summed E-state index contributed by atoms with van der Waals surface area (Å²) < 4.78 is 4.98. The van der Waals surface area contributed by atoms with E-state index in [1.54, 1.807) is 31.4 Å². The van der Waals surface area contributed by atoms with Crippen molar-refractivity contribution in [2.45, 2.75) is 26.4 Å². The number of methoxy groups -OCH3 is 1. The second-order valence-electron chi connectivity index (χ2n) is 3.41. The highest BCUT2D eigenvalue weighted by Gasteiger charge is 2.10. The first-order valence-electron chi connectivity index (χ1n) is 5.19.